The molecular formula is C30H22ClN5O3. The Morgan fingerprint density at radius 2 is 1.56 bits per heavy atom. The van der Waals surface area contributed by atoms with Crippen molar-refractivity contribution in [3.63, 3.8) is 0 Å². The van der Waals surface area contributed by atoms with Crippen LogP contribution in [0, 0.1) is 0 Å². The van der Waals surface area contributed by atoms with Crippen LogP contribution in [0.1, 0.15) is 0 Å². The molecule has 6 aromatic rings. The average molecular weight is 536 g/mol. The third-order valence-electron chi connectivity index (χ3n) is 6.20. The molecule has 0 atom stereocenters. The van der Waals surface area contributed by atoms with E-state index in [1.54, 1.807) is 32.7 Å². The number of benzene rings is 3. The summed E-state index contributed by atoms with van der Waals surface area (Å²) in [5.74, 6) is 2.86. The zero-order chi connectivity index (χ0) is 26.8. The number of halogens is 1. The predicted octanol–water partition coefficient (Wildman–Crippen LogP) is 7.45. The Kier molecular flexibility index (Phi) is 6.52. The molecule has 0 fully saturated rings. The summed E-state index contributed by atoms with van der Waals surface area (Å²) in [6, 6.07) is 24.7. The van der Waals surface area contributed by atoms with E-state index in [9.17, 15) is 0 Å². The Balaban J connectivity index is 1.31. The number of rotatable bonds is 7. The summed E-state index contributed by atoms with van der Waals surface area (Å²) >= 11 is 6.08. The van der Waals surface area contributed by atoms with E-state index in [1.165, 1.54) is 0 Å². The fourth-order valence-corrected chi connectivity index (χ4v) is 4.41. The fraction of sp³-hybridized carbons (Fsp3) is 0.0667. The van der Waals surface area contributed by atoms with Gasteiger partial charge < -0.3 is 19.5 Å². The van der Waals surface area contributed by atoms with E-state index in [0.717, 1.165) is 27.7 Å². The maximum Gasteiger partial charge on any atom is 0.169 e. The number of pyridine rings is 2. The number of fused-ring (bicyclic) bond motifs is 2. The molecule has 192 valence electrons. The molecule has 0 aliphatic rings. The lowest BCUT2D eigenvalue weighted by Crippen LogP contribution is -2.00. The first kappa shape index (κ1) is 24.4. The van der Waals surface area contributed by atoms with Gasteiger partial charge in [-0.1, -0.05) is 48.0 Å². The zero-order valence-electron chi connectivity index (χ0n) is 21.1. The molecule has 9 heteroatoms. The smallest absolute Gasteiger partial charge is 0.169 e. The normalized spacial score (nSPS) is 10.9. The van der Waals surface area contributed by atoms with Crippen molar-refractivity contribution in [2.75, 3.05) is 19.5 Å². The van der Waals surface area contributed by atoms with Gasteiger partial charge in [-0.3, -0.25) is 4.98 Å². The Labute approximate surface area is 229 Å². The minimum Gasteiger partial charge on any atom is -0.495 e. The summed E-state index contributed by atoms with van der Waals surface area (Å²) in [5.41, 5.74) is 3.77. The molecule has 0 bridgehead atoms. The van der Waals surface area contributed by atoms with Crippen molar-refractivity contribution < 1.29 is 14.2 Å². The van der Waals surface area contributed by atoms with Crippen molar-refractivity contribution in [2.45, 2.75) is 0 Å². The molecule has 0 aliphatic heterocycles. The van der Waals surface area contributed by atoms with Gasteiger partial charge in [-0.15, -0.1) is 10.2 Å². The van der Waals surface area contributed by atoms with Crippen LogP contribution in [-0.2, 0) is 0 Å². The molecule has 39 heavy (non-hydrogen) atoms. The van der Waals surface area contributed by atoms with Crippen molar-refractivity contribution in [3.8, 4) is 34.3 Å². The van der Waals surface area contributed by atoms with Gasteiger partial charge in [-0.2, -0.15) is 0 Å². The second kappa shape index (κ2) is 10.4. The van der Waals surface area contributed by atoms with Crippen LogP contribution in [0.4, 0.5) is 11.5 Å². The van der Waals surface area contributed by atoms with E-state index in [2.05, 4.69) is 25.5 Å². The van der Waals surface area contributed by atoms with E-state index in [0.29, 0.717) is 44.9 Å². The molecule has 0 unspecified atom stereocenters. The van der Waals surface area contributed by atoms with Gasteiger partial charge in [0, 0.05) is 51.4 Å². The van der Waals surface area contributed by atoms with Gasteiger partial charge in [0.15, 0.2) is 23.1 Å². The molecule has 8 nitrogen and oxygen atoms in total. The minimum atomic E-state index is 0.530. The first-order chi connectivity index (χ1) is 19.1. The SMILES string of the molecule is COc1cnc2c(Oc3ccc(Nc4nnc(-c5ccc(Cl)cc5)c5ccccc45)cc3OC)ccnc2c1. The molecule has 1 N–H and O–H groups in total. The summed E-state index contributed by atoms with van der Waals surface area (Å²) in [5, 5.41) is 15.0. The lowest BCUT2D eigenvalue weighted by atomic mass is 10.0. The Hall–Kier alpha value is -4.95. The number of nitrogens with zero attached hydrogens (tertiary/aromatic N) is 4. The number of anilines is 2. The molecule has 6 rings (SSSR count). The predicted molar refractivity (Wildman–Crippen MR) is 152 cm³/mol. The van der Waals surface area contributed by atoms with Crippen LogP contribution in [0.5, 0.6) is 23.0 Å². The first-order valence-corrected chi connectivity index (χ1v) is 12.4. The van der Waals surface area contributed by atoms with Gasteiger partial charge in [-0.05, 0) is 24.3 Å². The van der Waals surface area contributed by atoms with Gasteiger partial charge in [0.1, 0.15) is 17.0 Å². The molecule has 0 spiro atoms. The van der Waals surface area contributed by atoms with Crippen LogP contribution in [0.25, 0.3) is 33.1 Å². The maximum atomic E-state index is 6.20. The zero-order valence-corrected chi connectivity index (χ0v) is 21.8. The van der Waals surface area contributed by atoms with E-state index in [1.807, 2.05) is 72.8 Å². The third kappa shape index (κ3) is 4.85. The van der Waals surface area contributed by atoms with Crippen LogP contribution >= 0.6 is 11.6 Å². The highest BCUT2D eigenvalue weighted by molar-refractivity contribution is 6.30. The number of nitrogens with one attached hydrogen (secondary N) is 1. The number of ether oxygens (including phenoxy) is 3. The van der Waals surface area contributed by atoms with Crippen LogP contribution < -0.4 is 19.5 Å². The second-order valence-corrected chi connectivity index (χ2v) is 9.03. The van der Waals surface area contributed by atoms with Gasteiger partial charge in [0.2, 0.25) is 0 Å². The summed E-state index contributed by atoms with van der Waals surface area (Å²) in [6.07, 6.45) is 3.29. The Morgan fingerprint density at radius 1 is 0.744 bits per heavy atom. The topological polar surface area (TPSA) is 91.3 Å². The van der Waals surface area contributed by atoms with Crippen molar-refractivity contribution in [3.05, 3.63) is 96.3 Å². The molecular weight excluding hydrogens is 514 g/mol. The quantitative estimate of drug-likeness (QED) is 0.225. The van der Waals surface area contributed by atoms with Crippen molar-refractivity contribution in [1.82, 2.24) is 20.2 Å². The molecule has 0 radical (unpaired) electrons. The van der Waals surface area contributed by atoms with Gasteiger partial charge >= 0.3 is 0 Å². The van der Waals surface area contributed by atoms with Crippen LogP contribution in [-0.4, -0.2) is 34.4 Å². The average Bonchev–Trinajstić information content (AvgIpc) is 2.98. The van der Waals surface area contributed by atoms with Crippen LogP contribution in [0.15, 0.2) is 91.3 Å². The monoisotopic (exact) mass is 535 g/mol. The van der Waals surface area contributed by atoms with E-state index < -0.39 is 0 Å². The summed E-state index contributed by atoms with van der Waals surface area (Å²) in [6.45, 7) is 0. The Bertz CT molecular complexity index is 1810. The minimum absolute atomic E-state index is 0.530. The lowest BCUT2D eigenvalue weighted by molar-refractivity contribution is 0.380. The maximum absolute atomic E-state index is 6.20. The largest absolute Gasteiger partial charge is 0.495 e. The van der Waals surface area contributed by atoms with E-state index in [-0.39, 0.29) is 0 Å². The number of hydrogen-bond acceptors (Lipinski definition) is 8. The highest BCUT2D eigenvalue weighted by Crippen LogP contribution is 2.38. The molecule has 0 amide bonds. The number of hydrogen-bond donors (Lipinski definition) is 1. The van der Waals surface area contributed by atoms with Crippen LogP contribution in [0.2, 0.25) is 5.02 Å². The van der Waals surface area contributed by atoms with Crippen LogP contribution in [0.3, 0.4) is 0 Å². The summed E-state index contributed by atoms with van der Waals surface area (Å²) in [4.78, 5) is 8.82. The number of aromatic nitrogens is 4. The van der Waals surface area contributed by atoms with Gasteiger partial charge in [0.25, 0.3) is 0 Å². The standard InChI is InChI=1S/C30H22ClN5O3/c1-37-21-16-24-29(33-17-21)26(13-14-32-24)39-25-12-11-20(15-27(25)38-2)34-30-23-6-4-3-5-22(23)28(35-36-30)18-7-9-19(31)10-8-18/h3-17H,1-2H3,(H,34,36). The molecule has 3 aromatic heterocycles. The fourth-order valence-electron chi connectivity index (χ4n) is 4.28. The lowest BCUT2D eigenvalue weighted by Gasteiger charge is -2.15. The van der Waals surface area contributed by atoms with Gasteiger partial charge in [0.05, 0.1) is 25.9 Å². The van der Waals surface area contributed by atoms with E-state index >= 15 is 0 Å². The molecule has 3 aromatic carbocycles. The first-order valence-electron chi connectivity index (χ1n) is 12.1. The molecule has 0 saturated heterocycles. The Morgan fingerprint density at radius 3 is 2.36 bits per heavy atom. The summed E-state index contributed by atoms with van der Waals surface area (Å²) in [7, 11) is 3.18. The highest BCUT2D eigenvalue weighted by atomic mass is 35.5. The second-order valence-electron chi connectivity index (χ2n) is 8.59. The van der Waals surface area contributed by atoms with Crippen molar-refractivity contribution >= 4 is 44.9 Å². The highest BCUT2D eigenvalue weighted by Gasteiger charge is 2.14. The van der Waals surface area contributed by atoms with Crippen molar-refractivity contribution in [2.24, 2.45) is 0 Å². The summed E-state index contributed by atoms with van der Waals surface area (Å²) < 4.78 is 17.1. The third-order valence-corrected chi connectivity index (χ3v) is 6.45. The van der Waals surface area contributed by atoms with Gasteiger partial charge in [-0.25, -0.2) is 4.98 Å². The van der Waals surface area contributed by atoms with E-state index in [4.69, 9.17) is 25.8 Å². The number of methoxy groups -OCH3 is 2. The van der Waals surface area contributed by atoms with Crippen molar-refractivity contribution in [1.29, 1.82) is 0 Å². The molecule has 0 aliphatic carbocycles. The molecule has 3 heterocycles. The molecule has 0 saturated carbocycles.